The number of ketones is 1. The summed E-state index contributed by atoms with van der Waals surface area (Å²) in [6, 6.07) is 13.2. The Bertz CT molecular complexity index is 980. The van der Waals surface area contributed by atoms with Gasteiger partial charge in [0.25, 0.3) is 0 Å². The molecule has 138 valence electrons. The molecule has 1 amide bonds. The summed E-state index contributed by atoms with van der Waals surface area (Å²) >= 11 is 12.2. The van der Waals surface area contributed by atoms with Crippen molar-refractivity contribution in [3.05, 3.63) is 74.9 Å². The van der Waals surface area contributed by atoms with Gasteiger partial charge in [-0.2, -0.15) is 0 Å². The number of carbonyl (C=O) groups is 2. The molecule has 1 heterocycles. The first-order chi connectivity index (χ1) is 13.0. The number of hydrogen-bond donors (Lipinski definition) is 0. The van der Waals surface area contributed by atoms with Crippen LogP contribution in [0.3, 0.4) is 0 Å². The van der Waals surface area contributed by atoms with Gasteiger partial charge in [0, 0.05) is 35.7 Å². The number of aryl methyl sites for hydroxylation is 1. The molecule has 0 spiro atoms. The van der Waals surface area contributed by atoms with Crippen LogP contribution in [0.5, 0.6) is 0 Å². The first-order valence-electron chi connectivity index (χ1n) is 9.06. The Balaban J connectivity index is 1.86. The molecule has 1 unspecified atom stereocenters. The van der Waals surface area contributed by atoms with Gasteiger partial charge < -0.3 is 0 Å². The molecule has 27 heavy (non-hydrogen) atoms. The van der Waals surface area contributed by atoms with E-state index < -0.39 is 0 Å². The average Bonchev–Trinajstić information content (AvgIpc) is 2.63. The van der Waals surface area contributed by atoms with Crippen LogP contribution in [0.2, 0.25) is 10.0 Å². The average molecular weight is 400 g/mol. The van der Waals surface area contributed by atoms with E-state index in [-0.39, 0.29) is 24.0 Å². The summed E-state index contributed by atoms with van der Waals surface area (Å²) in [5, 5.41) is 0.904. The molecule has 0 saturated heterocycles. The van der Waals surface area contributed by atoms with Crippen molar-refractivity contribution in [2.45, 2.75) is 38.5 Å². The molecule has 1 atom stereocenters. The molecule has 1 aliphatic carbocycles. The van der Waals surface area contributed by atoms with E-state index in [0.717, 1.165) is 40.9 Å². The number of halogens is 2. The fourth-order valence-electron chi connectivity index (χ4n) is 4.07. The molecule has 2 aromatic rings. The van der Waals surface area contributed by atoms with Gasteiger partial charge in [0.05, 0.1) is 10.0 Å². The van der Waals surface area contributed by atoms with Gasteiger partial charge in [0.1, 0.15) is 0 Å². The minimum atomic E-state index is -0.267. The van der Waals surface area contributed by atoms with Gasteiger partial charge in [-0.25, -0.2) is 0 Å². The van der Waals surface area contributed by atoms with E-state index in [1.165, 1.54) is 0 Å². The molecule has 0 saturated carbocycles. The maximum absolute atomic E-state index is 13.1. The maximum Gasteiger partial charge on any atom is 0.232 e. The second-order valence-corrected chi connectivity index (χ2v) is 7.95. The number of carbonyl (C=O) groups excluding carboxylic acids is 2. The molecule has 2 aromatic carbocycles. The first-order valence-corrected chi connectivity index (χ1v) is 9.82. The van der Waals surface area contributed by atoms with Crippen LogP contribution >= 0.6 is 23.2 Å². The smallest absolute Gasteiger partial charge is 0.232 e. The summed E-state index contributed by atoms with van der Waals surface area (Å²) in [4.78, 5) is 27.7. The molecule has 5 heteroatoms. The molecule has 0 aromatic heterocycles. The van der Waals surface area contributed by atoms with Crippen molar-refractivity contribution in [2.24, 2.45) is 0 Å². The van der Waals surface area contributed by atoms with E-state index >= 15 is 0 Å². The van der Waals surface area contributed by atoms with E-state index in [1.54, 1.807) is 17.0 Å². The second-order valence-electron chi connectivity index (χ2n) is 7.14. The Hall–Kier alpha value is -2.10. The number of amides is 1. The number of benzene rings is 2. The van der Waals surface area contributed by atoms with Gasteiger partial charge in [0.15, 0.2) is 5.78 Å². The molecule has 1 aliphatic heterocycles. The summed E-state index contributed by atoms with van der Waals surface area (Å²) in [7, 11) is 0. The Morgan fingerprint density at radius 2 is 1.81 bits per heavy atom. The Morgan fingerprint density at radius 3 is 2.56 bits per heavy atom. The lowest BCUT2D eigenvalue weighted by molar-refractivity contribution is -0.119. The number of Topliss-reactive ketones (excluding diaryl/α,β-unsaturated/α-hetero) is 1. The highest BCUT2D eigenvalue weighted by Crippen LogP contribution is 2.44. The topological polar surface area (TPSA) is 37.4 Å². The summed E-state index contributed by atoms with van der Waals surface area (Å²) in [6.45, 7) is 2.00. The summed E-state index contributed by atoms with van der Waals surface area (Å²) < 4.78 is 0. The van der Waals surface area contributed by atoms with Crippen LogP contribution in [0.4, 0.5) is 5.69 Å². The Labute approximate surface area is 168 Å². The monoisotopic (exact) mass is 399 g/mol. The quantitative estimate of drug-likeness (QED) is 0.636. The predicted molar refractivity (Wildman–Crippen MR) is 108 cm³/mol. The fourth-order valence-corrected chi connectivity index (χ4v) is 4.38. The summed E-state index contributed by atoms with van der Waals surface area (Å²) in [5.74, 6) is -0.140. The summed E-state index contributed by atoms with van der Waals surface area (Å²) in [5.41, 5.74) is 4.36. The highest BCUT2D eigenvalue weighted by molar-refractivity contribution is 6.42. The Morgan fingerprint density at radius 1 is 1.00 bits per heavy atom. The van der Waals surface area contributed by atoms with Crippen LogP contribution < -0.4 is 4.90 Å². The molecule has 2 aliphatic rings. The summed E-state index contributed by atoms with van der Waals surface area (Å²) in [6.07, 6.45) is 2.25. The zero-order valence-corrected chi connectivity index (χ0v) is 16.5. The number of anilines is 1. The first kappa shape index (κ1) is 18.3. The SMILES string of the molecule is Cc1cccc(N2C(=O)CC(c3ccc(Cl)c(Cl)c3)C3=C2CCCC3=O)c1. The molecular weight excluding hydrogens is 381 g/mol. The van der Waals surface area contributed by atoms with Gasteiger partial charge in [0.2, 0.25) is 5.91 Å². The molecule has 3 nitrogen and oxygen atoms in total. The number of rotatable bonds is 2. The molecule has 0 radical (unpaired) electrons. The maximum atomic E-state index is 13.1. The van der Waals surface area contributed by atoms with Crippen molar-refractivity contribution in [3.63, 3.8) is 0 Å². The number of hydrogen-bond acceptors (Lipinski definition) is 2. The zero-order chi connectivity index (χ0) is 19.1. The van der Waals surface area contributed by atoms with Crippen LogP contribution in [0, 0.1) is 6.92 Å². The van der Waals surface area contributed by atoms with Crippen LogP contribution in [0.25, 0.3) is 0 Å². The highest BCUT2D eigenvalue weighted by Gasteiger charge is 2.39. The van der Waals surface area contributed by atoms with E-state index in [4.69, 9.17) is 23.2 Å². The third kappa shape index (κ3) is 3.30. The Kier molecular flexibility index (Phi) is 4.83. The van der Waals surface area contributed by atoms with Crippen molar-refractivity contribution in [2.75, 3.05) is 4.90 Å². The number of allylic oxidation sites excluding steroid dienone is 2. The second kappa shape index (κ2) is 7.14. The minimum Gasteiger partial charge on any atom is -0.294 e. The lowest BCUT2D eigenvalue weighted by Gasteiger charge is -2.38. The van der Waals surface area contributed by atoms with Gasteiger partial charge >= 0.3 is 0 Å². The molecule has 4 rings (SSSR count). The van der Waals surface area contributed by atoms with Crippen LogP contribution in [0.15, 0.2) is 53.7 Å². The van der Waals surface area contributed by atoms with Crippen molar-refractivity contribution >= 4 is 40.6 Å². The predicted octanol–water partition coefficient (Wildman–Crippen LogP) is 5.83. The normalized spacial score (nSPS) is 20.1. The van der Waals surface area contributed by atoms with Gasteiger partial charge in [-0.3, -0.25) is 14.5 Å². The van der Waals surface area contributed by atoms with E-state index in [2.05, 4.69) is 0 Å². The van der Waals surface area contributed by atoms with Gasteiger partial charge in [-0.15, -0.1) is 0 Å². The molecule has 0 bridgehead atoms. The molecule has 0 fully saturated rings. The lowest BCUT2D eigenvalue weighted by atomic mass is 9.77. The highest BCUT2D eigenvalue weighted by atomic mass is 35.5. The minimum absolute atomic E-state index is 0.00474. The molecule has 0 N–H and O–H groups in total. The standard InChI is InChI=1S/C22H19Cl2NO2/c1-13-4-2-5-15(10-13)25-19-6-3-7-20(26)22(19)16(12-21(25)27)14-8-9-17(23)18(24)11-14/h2,4-5,8-11,16H,3,6-7,12H2,1H3. The van der Waals surface area contributed by atoms with Crippen LogP contribution in [0.1, 0.15) is 42.7 Å². The van der Waals surface area contributed by atoms with E-state index in [0.29, 0.717) is 16.5 Å². The lowest BCUT2D eigenvalue weighted by Crippen LogP contribution is -2.40. The largest absolute Gasteiger partial charge is 0.294 e. The van der Waals surface area contributed by atoms with Crippen molar-refractivity contribution in [1.82, 2.24) is 0 Å². The van der Waals surface area contributed by atoms with Crippen LogP contribution in [-0.2, 0) is 9.59 Å². The fraction of sp³-hybridized carbons (Fsp3) is 0.273. The van der Waals surface area contributed by atoms with E-state index in [9.17, 15) is 9.59 Å². The van der Waals surface area contributed by atoms with Gasteiger partial charge in [-0.05, 0) is 55.2 Å². The third-order valence-corrected chi connectivity index (χ3v) is 6.02. The van der Waals surface area contributed by atoms with Crippen molar-refractivity contribution < 1.29 is 9.59 Å². The van der Waals surface area contributed by atoms with Crippen molar-refractivity contribution in [1.29, 1.82) is 0 Å². The molecular formula is C22H19Cl2NO2. The number of nitrogens with zero attached hydrogens (tertiary/aromatic N) is 1. The van der Waals surface area contributed by atoms with Crippen molar-refractivity contribution in [3.8, 4) is 0 Å². The van der Waals surface area contributed by atoms with Crippen LogP contribution in [-0.4, -0.2) is 11.7 Å². The third-order valence-electron chi connectivity index (χ3n) is 5.28. The van der Waals surface area contributed by atoms with Gasteiger partial charge in [-0.1, -0.05) is 41.4 Å². The van der Waals surface area contributed by atoms with E-state index in [1.807, 2.05) is 37.3 Å². The zero-order valence-electron chi connectivity index (χ0n) is 15.0.